The molecule has 0 radical (unpaired) electrons. The van der Waals surface area contributed by atoms with Crippen molar-refractivity contribution in [1.82, 2.24) is 19.6 Å². The fraction of sp³-hybridized carbons (Fsp3) is 0.857. The highest BCUT2D eigenvalue weighted by molar-refractivity contribution is 5.78. The average Bonchev–Trinajstić information content (AvgIpc) is 3.01. The molecule has 0 spiro atoms. The third-order valence-corrected chi connectivity index (χ3v) is 7.45. The molecule has 3 heterocycles. The molecule has 158 valence electrons. The monoisotopic (exact) mass is 392 g/mol. The second-order valence-corrected chi connectivity index (χ2v) is 8.92. The number of hydrogen-bond donors (Lipinski definition) is 1. The molecule has 3 aliphatic heterocycles. The molecule has 0 aromatic rings. The topological polar surface area (TPSA) is 59.5 Å². The standard InChI is InChI=1S/C21H36N4O3/c1-2-11-24-19-5-3-4-6-20(19)25(21(24)26)18-9-14-23(15-10-18)17-7-12-22(13-8-17)16-28-27/h2,17-20,27H,1,3-16H2/t19-,20-/m0/s1. The Balaban J connectivity index is 1.33. The van der Waals surface area contributed by atoms with Crippen LogP contribution in [-0.4, -0.2) is 94.5 Å². The zero-order valence-corrected chi connectivity index (χ0v) is 17.0. The van der Waals surface area contributed by atoms with E-state index < -0.39 is 0 Å². The molecular formula is C21H36N4O3. The maximum absolute atomic E-state index is 13.2. The van der Waals surface area contributed by atoms with Gasteiger partial charge in [-0.05, 0) is 38.5 Å². The van der Waals surface area contributed by atoms with Crippen molar-refractivity contribution in [3.05, 3.63) is 12.7 Å². The Hall–Kier alpha value is -1.15. The molecule has 0 unspecified atom stereocenters. The van der Waals surface area contributed by atoms with Crippen molar-refractivity contribution in [2.24, 2.45) is 0 Å². The van der Waals surface area contributed by atoms with Crippen molar-refractivity contribution in [2.45, 2.75) is 75.5 Å². The van der Waals surface area contributed by atoms with E-state index in [-0.39, 0.29) is 6.03 Å². The van der Waals surface area contributed by atoms with E-state index in [1.807, 2.05) is 6.08 Å². The minimum Gasteiger partial charge on any atom is -0.317 e. The highest BCUT2D eigenvalue weighted by Crippen LogP contribution is 2.37. The van der Waals surface area contributed by atoms with Crippen molar-refractivity contribution < 1.29 is 14.9 Å². The molecule has 28 heavy (non-hydrogen) atoms. The van der Waals surface area contributed by atoms with Crippen LogP contribution in [0.5, 0.6) is 0 Å². The smallest absolute Gasteiger partial charge is 0.317 e. The first kappa shape index (κ1) is 20.1. The van der Waals surface area contributed by atoms with E-state index >= 15 is 0 Å². The molecule has 4 aliphatic rings. The summed E-state index contributed by atoms with van der Waals surface area (Å²) in [6.45, 7) is 9.02. The first-order valence-corrected chi connectivity index (χ1v) is 11.2. The molecule has 7 nitrogen and oxygen atoms in total. The Morgan fingerprint density at radius 1 is 0.964 bits per heavy atom. The molecule has 0 aromatic carbocycles. The van der Waals surface area contributed by atoms with Crippen LogP contribution in [0.1, 0.15) is 51.4 Å². The summed E-state index contributed by atoms with van der Waals surface area (Å²) in [5.41, 5.74) is 0. The van der Waals surface area contributed by atoms with Gasteiger partial charge >= 0.3 is 6.03 Å². The van der Waals surface area contributed by atoms with E-state index in [2.05, 4.69) is 31.1 Å². The third-order valence-electron chi connectivity index (χ3n) is 7.45. The normalized spacial score (nSPS) is 31.4. The number of piperidine rings is 2. The van der Waals surface area contributed by atoms with Crippen LogP contribution in [-0.2, 0) is 4.89 Å². The minimum absolute atomic E-state index is 0.257. The number of fused-ring (bicyclic) bond motifs is 1. The van der Waals surface area contributed by atoms with Gasteiger partial charge in [0.05, 0.1) is 12.1 Å². The van der Waals surface area contributed by atoms with Gasteiger partial charge in [-0.2, -0.15) is 0 Å². The van der Waals surface area contributed by atoms with Crippen LogP contribution in [0.4, 0.5) is 4.79 Å². The summed E-state index contributed by atoms with van der Waals surface area (Å²) in [5.74, 6) is 0. The van der Waals surface area contributed by atoms with Crippen molar-refractivity contribution >= 4 is 6.03 Å². The number of amides is 2. The van der Waals surface area contributed by atoms with Gasteiger partial charge in [-0.15, -0.1) is 6.58 Å². The predicted molar refractivity (Wildman–Crippen MR) is 108 cm³/mol. The van der Waals surface area contributed by atoms with Crippen LogP contribution in [0.2, 0.25) is 0 Å². The molecule has 1 aliphatic carbocycles. The highest BCUT2D eigenvalue weighted by atomic mass is 17.1. The molecule has 7 heteroatoms. The number of hydrogen-bond acceptors (Lipinski definition) is 5. The van der Waals surface area contributed by atoms with Crippen LogP contribution in [0, 0.1) is 0 Å². The lowest BCUT2D eigenvalue weighted by atomic mass is 9.88. The number of carbonyl (C=O) groups excluding carboxylic acids is 1. The number of likely N-dealkylation sites (tertiary alicyclic amines) is 2. The molecule has 2 atom stereocenters. The first-order chi connectivity index (χ1) is 13.7. The Labute approximate surface area is 168 Å². The summed E-state index contributed by atoms with van der Waals surface area (Å²) in [7, 11) is 0. The van der Waals surface area contributed by atoms with Gasteiger partial charge in [0.25, 0.3) is 0 Å². The Morgan fingerprint density at radius 2 is 1.61 bits per heavy atom. The molecule has 1 saturated carbocycles. The molecule has 1 N–H and O–H groups in total. The lowest BCUT2D eigenvalue weighted by Gasteiger charge is -2.44. The molecular weight excluding hydrogens is 356 g/mol. The second kappa shape index (κ2) is 9.11. The number of carbonyl (C=O) groups is 1. The number of rotatable bonds is 6. The van der Waals surface area contributed by atoms with E-state index in [4.69, 9.17) is 5.26 Å². The minimum atomic E-state index is 0.257. The van der Waals surface area contributed by atoms with E-state index in [0.29, 0.717) is 37.4 Å². The van der Waals surface area contributed by atoms with Crippen molar-refractivity contribution in [1.29, 1.82) is 0 Å². The highest BCUT2D eigenvalue weighted by Gasteiger charge is 2.49. The van der Waals surface area contributed by atoms with Gasteiger partial charge in [0.15, 0.2) is 0 Å². The Morgan fingerprint density at radius 3 is 2.25 bits per heavy atom. The summed E-state index contributed by atoms with van der Waals surface area (Å²) in [6, 6.07) is 2.10. The number of urea groups is 1. The van der Waals surface area contributed by atoms with Gasteiger partial charge in [-0.25, -0.2) is 9.68 Å². The average molecular weight is 393 g/mol. The van der Waals surface area contributed by atoms with E-state index in [1.165, 1.54) is 12.8 Å². The fourth-order valence-electron chi connectivity index (χ4n) is 6.02. The summed E-state index contributed by atoms with van der Waals surface area (Å²) in [5, 5.41) is 8.63. The maximum Gasteiger partial charge on any atom is 0.321 e. The summed E-state index contributed by atoms with van der Waals surface area (Å²) in [4.78, 5) is 26.6. The Bertz CT molecular complexity index is 544. The lowest BCUT2D eigenvalue weighted by Crippen LogP contribution is -2.53. The van der Waals surface area contributed by atoms with Gasteiger partial charge in [-0.1, -0.05) is 18.9 Å². The molecule has 4 rings (SSSR count). The van der Waals surface area contributed by atoms with Crippen LogP contribution in [0.3, 0.4) is 0 Å². The van der Waals surface area contributed by atoms with Crippen molar-refractivity contribution in [3.63, 3.8) is 0 Å². The van der Waals surface area contributed by atoms with Crippen LogP contribution >= 0.6 is 0 Å². The largest absolute Gasteiger partial charge is 0.321 e. The van der Waals surface area contributed by atoms with Gasteiger partial charge < -0.3 is 14.7 Å². The van der Waals surface area contributed by atoms with Gasteiger partial charge in [0.1, 0.15) is 6.73 Å². The summed E-state index contributed by atoms with van der Waals surface area (Å²) >= 11 is 0. The van der Waals surface area contributed by atoms with Crippen LogP contribution < -0.4 is 0 Å². The summed E-state index contributed by atoms with van der Waals surface area (Å²) < 4.78 is 0. The van der Waals surface area contributed by atoms with Gasteiger partial charge in [0, 0.05) is 44.8 Å². The lowest BCUT2D eigenvalue weighted by molar-refractivity contribution is -0.271. The second-order valence-electron chi connectivity index (χ2n) is 8.92. The fourth-order valence-corrected chi connectivity index (χ4v) is 6.02. The zero-order chi connectivity index (χ0) is 19.5. The predicted octanol–water partition coefficient (Wildman–Crippen LogP) is 2.60. The molecule has 3 saturated heterocycles. The quantitative estimate of drug-likeness (QED) is 0.428. The van der Waals surface area contributed by atoms with E-state index in [1.54, 1.807) is 0 Å². The van der Waals surface area contributed by atoms with E-state index in [0.717, 1.165) is 64.7 Å². The maximum atomic E-state index is 13.2. The third kappa shape index (κ3) is 3.95. The van der Waals surface area contributed by atoms with Crippen molar-refractivity contribution in [2.75, 3.05) is 39.5 Å². The zero-order valence-electron chi connectivity index (χ0n) is 17.0. The number of nitrogens with zero attached hydrogens (tertiary/aromatic N) is 4. The first-order valence-electron chi connectivity index (χ1n) is 11.2. The van der Waals surface area contributed by atoms with Gasteiger partial charge in [0.2, 0.25) is 0 Å². The van der Waals surface area contributed by atoms with Crippen LogP contribution in [0.15, 0.2) is 12.7 Å². The SMILES string of the molecule is C=CCN1C(=O)N(C2CCN(C3CCN(COO)CC3)CC2)[C@H]2CCCC[C@@H]21. The molecule has 4 fully saturated rings. The Kier molecular flexibility index (Phi) is 6.55. The van der Waals surface area contributed by atoms with E-state index in [9.17, 15) is 4.79 Å². The van der Waals surface area contributed by atoms with Crippen molar-refractivity contribution in [3.8, 4) is 0 Å². The summed E-state index contributed by atoms with van der Waals surface area (Å²) in [6.07, 6.45) is 11.1. The van der Waals surface area contributed by atoms with Crippen LogP contribution in [0.25, 0.3) is 0 Å². The molecule has 2 amide bonds. The molecule has 0 bridgehead atoms. The molecule has 0 aromatic heterocycles. The van der Waals surface area contributed by atoms with Gasteiger partial charge in [-0.3, -0.25) is 10.2 Å².